The maximum Gasteiger partial charge on any atom is 0.255 e. The molecule has 0 saturated carbocycles. The minimum Gasteiger partial charge on any atom is -0.358 e. The van der Waals surface area contributed by atoms with Gasteiger partial charge in [0.1, 0.15) is 0 Å². The Morgan fingerprint density at radius 2 is 2.43 bits per heavy atom. The van der Waals surface area contributed by atoms with Crippen molar-refractivity contribution in [3.63, 3.8) is 0 Å². The molecule has 5 heteroatoms. The summed E-state index contributed by atoms with van der Waals surface area (Å²) < 4.78 is 0. The van der Waals surface area contributed by atoms with Crippen molar-refractivity contribution in [3.05, 3.63) is 32.4 Å². The Morgan fingerprint density at radius 1 is 1.64 bits per heavy atom. The smallest absolute Gasteiger partial charge is 0.255 e. The summed E-state index contributed by atoms with van der Waals surface area (Å²) in [5.74, 6) is 0. The second-order valence-electron chi connectivity index (χ2n) is 3.20. The van der Waals surface area contributed by atoms with Crippen molar-refractivity contribution in [2.24, 2.45) is 0 Å². The van der Waals surface area contributed by atoms with Crippen LogP contribution in [-0.4, -0.2) is 9.91 Å². The molecule has 1 heterocycles. The Balaban J connectivity index is 2.73. The van der Waals surface area contributed by atoms with Crippen LogP contribution in [0.1, 0.15) is 18.5 Å². The van der Waals surface area contributed by atoms with E-state index in [0.29, 0.717) is 17.4 Å². The van der Waals surface area contributed by atoms with Crippen LogP contribution < -0.4 is 10.6 Å². The van der Waals surface area contributed by atoms with Gasteiger partial charge in [0.05, 0.1) is 10.1 Å². The average Bonchev–Trinajstić information content (AvgIpc) is 2.59. The molecule has 0 amide bonds. The number of rotatable bonds is 2. The molecule has 1 N–H and O–H groups in total. The van der Waals surface area contributed by atoms with Crippen LogP contribution in [-0.2, 0) is 5.33 Å². The van der Waals surface area contributed by atoms with Gasteiger partial charge >= 0.3 is 0 Å². The van der Waals surface area contributed by atoms with Crippen molar-refractivity contribution in [3.8, 4) is 0 Å². The van der Waals surface area contributed by atoms with Crippen molar-refractivity contribution >= 4 is 27.7 Å². The van der Waals surface area contributed by atoms with Gasteiger partial charge in [-0.2, -0.15) is 0 Å². The predicted molar refractivity (Wildman–Crippen MR) is 56.8 cm³/mol. The molecule has 0 aromatic carbocycles. The zero-order valence-corrected chi connectivity index (χ0v) is 9.00. The van der Waals surface area contributed by atoms with E-state index in [0.717, 1.165) is 22.7 Å². The summed E-state index contributed by atoms with van der Waals surface area (Å²) in [6, 6.07) is 1.85. The largest absolute Gasteiger partial charge is 0.358 e. The fourth-order valence-electron chi connectivity index (χ4n) is 1.68. The number of fused-ring (bicyclic) bond motifs is 1. The minimum atomic E-state index is -0.280. The highest BCUT2D eigenvalue weighted by Gasteiger charge is 2.16. The van der Waals surface area contributed by atoms with Gasteiger partial charge in [0.2, 0.25) is 0 Å². The van der Waals surface area contributed by atoms with Crippen molar-refractivity contribution < 1.29 is 4.92 Å². The number of hydrogen-bond donors (Lipinski definition) is 1. The fraction of sp³-hybridized carbons (Fsp3) is 0.333. The van der Waals surface area contributed by atoms with Crippen LogP contribution >= 0.6 is 15.9 Å². The quantitative estimate of drug-likeness (QED) is 0.485. The maximum atomic E-state index is 10.7. The van der Waals surface area contributed by atoms with Gasteiger partial charge in [-0.15, -0.1) is 0 Å². The van der Waals surface area contributed by atoms with E-state index in [1.54, 1.807) is 0 Å². The Hall–Kier alpha value is -1.10. The standard InChI is InChI=1S/C9H9BrN2O2/c10-5-6-4-7-8(11-6)2-1-3-9(7)12(13)14/h2,4,11H,1,3,5H2. The molecule has 1 aliphatic carbocycles. The summed E-state index contributed by atoms with van der Waals surface area (Å²) in [5, 5.41) is 13.1. The lowest BCUT2D eigenvalue weighted by molar-refractivity contribution is -0.382. The van der Waals surface area contributed by atoms with Crippen LogP contribution in [0.2, 0.25) is 0 Å². The molecule has 4 nitrogen and oxygen atoms in total. The third kappa shape index (κ3) is 1.48. The molecular weight excluding hydrogens is 248 g/mol. The molecule has 0 aliphatic heterocycles. The van der Waals surface area contributed by atoms with Gasteiger partial charge in [0.25, 0.3) is 5.70 Å². The summed E-state index contributed by atoms with van der Waals surface area (Å²) in [6.07, 6.45) is 3.28. The normalized spacial score (nSPS) is 14.8. The number of halogens is 1. The SMILES string of the molecule is O=[N+]([O-])C1=c2cc(CBr)[nH]c2=CCC1. The van der Waals surface area contributed by atoms with Gasteiger partial charge in [-0.3, -0.25) is 10.1 Å². The number of aromatic amines is 1. The molecule has 1 aromatic heterocycles. The monoisotopic (exact) mass is 256 g/mol. The van der Waals surface area contributed by atoms with Crippen LogP contribution in [0, 0.1) is 10.1 Å². The first-order valence-electron chi connectivity index (χ1n) is 4.34. The van der Waals surface area contributed by atoms with Gasteiger partial charge in [-0.1, -0.05) is 22.0 Å². The number of hydrogen-bond acceptors (Lipinski definition) is 2. The first-order chi connectivity index (χ1) is 6.72. The lowest BCUT2D eigenvalue weighted by Gasteiger charge is -1.98. The molecule has 0 unspecified atom stereocenters. The van der Waals surface area contributed by atoms with Crippen LogP contribution in [0.25, 0.3) is 11.8 Å². The second-order valence-corrected chi connectivity index (χ2v) is 3.76. The van der Waals surface area contributed by atoms with Crippen LogP contribution in [0.4, 0.5) is 0 Å². The van der Waals surface area contributed by atoms with Gasteiger partial charge in [0.15, 0.2) is 0 Å². The highest BCUT2D eigenvalue weighted by Crippen LogP contribution is 2.09. The van der Waals surface area contributed by atoms with Gasteiger partial charge in [0, 0.05) is 22.8 Å². The van der Waals surface area contributed by atoms with Gasteiger partial charge in [-0.25, -0.2) is 0 Å². The number of nitro groups is 1. The highest BCUT2D eigenvalue weighted by molar-refractivity contribution is 9.08. The summed E-state index contributed by atoms with van der Waals surface area (Å²) in [5.41, 5.74) is 1.30. The molecule has 1 aliphatic rings. The third-order valence-electron chi connectivity index (χ3n) is 2.31. The van der Waals surface area contributed by atoms with E-state index in [4.69, 9.17) is 0 Å². The molecule has 0 bridgehead atoms. The summed E-state index contributed by atoms with van der Waals surface area (Å²) in [6.45, 7) is 0. The molecule has 0 fully saturated rings. The van der Waals surface area contributed by atoms with E-state index in [1.807, 2.05) is 12.1 Å². The molecule has 0 atom stereocenters. The highest BCUT2D eigenvalue weighted by atomic mass is 79.9. The topological polar surface area (TPSA) is 58.9 Å². The minimum absolute atomic E-state index is 0.280. The number of aromatic nitrogens is 1. The van der Waals surface area contributed by atoms with E-state index >= 15 is 0 Å². The molecule has 0 radical (unpaired) electrons. The Kier molecular flexibility index (Phi) is 2.41. The van der Waals surface area contributed by atoms with E-state index in [1.165, 1.54) is 0 Å². The molecule has 14 heavy (non-hydrogen) atoms. The van der Waals surface area contributed by atoms with E-state index in [9.17, 15) is 10.1 Å². The maximum absolute atomic E-state index is 10.7. The summed E-state index contributed by atoms with van der Waals surface area (Å²) >= 11 is 3.32. The first-order valence-corrected chi connectivity index (χ1v) is 5.46. The molecule has 1 aromatic rings. The number of H-pyrrole nitrogens is 1. The average molecular weight is 257 g/mol. The van der Waals surface area contributed by atoms with Crippen LogP contribution in [0.5, 0.6) is 0 Å². The molecule has 74 valence electrons. The molecular formula is C9H9BrN2O2. The lowest BCUT2D eigenvalue weighted by atomic mass is 10.1. The molecule has 0 spiro atoms. The van der Waals surface area contributed by atoms with Crippen LogP contribution in [0.15, 0.2) is 6.07 Å². The summed E-state index contributed by atoms with van der Waals surface area (Å²) in [7, 11) is 0. The molecule has 2 rings (SSSR count). The first kappa shape index (κ1) is 9.45. The predicted octanol–water partition coefficient (Wildman–Crippen LogP) is 0.869. The van der Waals surface area contributed by atoms with Crippen molar-refractivity contribution in [1.82, 2.24) is 4.98 Å². The zero-order chi connectivity index (χ0) is 10.1. The third-order valence-corrected chi connectivity index (χ3v) is 2.91. The molecule has 0 saturated heterocycles. The Bertz CT molecular complexity index is 489. The summed E-state index contributed by atoms with van der Waals surface area (Å²) in [4.78, 5) is 13.6. The van der Waals surface area contributed by atoms with Gasteiger partial charge in [-0.05, 0) is 12.5 Å². The number of nitrogens with one attached hydrogen (secondary N) is 1. The van der Waals surface area contributed by atoms with E-state index in [2.05, 4.69) is 20.9 Å². The van der Waals surface area contributed by atoms with Crippen molar-refractivity contribution in [2.75, 3.05) is 0 Å². The fourth-order valence-corrected chi connectivity index (χ4v) is 1.98. The Labute approximate surface area is 88.6 Å². The van der Waals surface area contributed by atoms with Crippen molar-refractivity contribution in [1.29, 1.82) is 0 Å². The number of nitrogens with zero attached hydrogens (tertiary/aromatic N) is 1. The van der Waals surface area contributed by atoms with Crippen LogP contribution in [0.3, 0.4) is 0 Å². The lowest BCUT2D eigenvalue weighted by Crippen LogP contribution is -2.30. The van der Waals surface area contributed by atoms with Gasteiger partial charge < -0.3 is 4.98 Å². The Morgan fingerprint density at radius 3 is 3.07 bits per heavy atom. The zero-order valence-electron chi connectivity index (χ0n) is 7.42. The van der Waals surface area contributed by atoms with Crippen molar-refractivity contribution in [2.45, 2.75) is 18.2 Å². The van der Waals surface area contributed by atoms with E-state index in [-0.39, 0.29) is 4.92 Å². The second kappa shape index (κ2) is 3.57. The number of alkyl halides is 1. The van der Waals surface area contributed by atoms with E-state index < -0.39 is 0 Å².